The summed E-state index contributed by atoms with van der Waals surface area (Å²) in [7, 11) is -3.31. The van der Waals surface area contributed by atoms with E-state index in [4.69, 9.17) is 11.6 Å². The molecule has 0 unspecified atom stereocenters. The van der Waals surface area contributed by atoms with Gasteiger partial charge in [0.1, 0.15) is 4.90 Å². The molecular formula is C11H14ClNO2S. The Kier molecular flexibility index (Phi) is 2.67. The number of halogens is 1. The van der Waals surface area contributed by atoms with Gasteiger partial charge in [-0.2, -0.15) is 0 Å². The maximum Gasteiger partial charge on any atom is 0.182 e. The lowest BCUT2D eigenvalue weighted by Gasteiger charge is -2.20. The number of nitrogens with one attached hydrogen (secondary N) is 1. The van der Waals surface area contributed by atoms with E-state index in [9.17, 15) is 8.42 Å². The van der Waals surface area contributed by atoms with E-state index in [0.717, 1.165) is 0 Å². The van der Waals surface area contributed by atoms with E-state index < -0.39 is 9.84 Å². The van der Waals surface area contributed by atoms with Crippen molar-refractivity contribution in [2.75, 3.05) is 17.6 Å². The monoisotopic (exact) mass is 259 g/mol. The Morgan fingerprint density at radius 2 is 2.06 bits per heavy atom. The third kappa shape index (κ3) is 2.04. The maximum absolute atomic E-state index is 12.2. The van der Waals surface area contributed by atoms with Crippen molar-refractivity contribution in [3.63, 3.8) is 0 Å². The molecule has 1 aliphatic rings. The molecule has 88 valence electrons. The molecule has 0 saturated heterocycles. The minimum atomic E-state index is -3.31. The van der Waals surface area contributed by atoms with Gasteiger partial charge < -0.3 is 5.32 Å². The van der Waals surface area contributed by atoms with Crippen LogP contribution in [0.5, 0.6) is 0 Å². The van der Waals surface area contributed by atoms with Crippen LogP contribution in [0.3, 0.4) is 0 Å². The van der Waals surface area contributed by atoms with Crippen LogP contribution < -0.4 is 5.32 Å². The third-order valence-electron chi connectivity index (χ3n) is 2.62. The van der Waals surface area contributed by atoms with Gasteiger partial charge in [0.15, 0.2) is 9.84 Å². The molecular weight excluding hydrogens is 246 g/mol. The molecule has 1 aromatic carbocycles. The van der Waals surface area contributed by atoms with Crippen molar-refractivity contribution in [2.45, 2.75) is 18.7 Å². The second kappa shape index (κ2) is 3.64. The highest BCUT2D eigenvalue weighted by Gasteiger charge is 2.33. The zero-order valence-corrected chi connectivity index (χ0v) is 10.8. The maximum atomic E-state index is 12.2. The summed E-state index contributed by atoms with van der Waals surface area (Å²) in [5.41, 5.74) is 0.319. The molecule has 3 nitrogen and oxygen atoms in total. The fraction of sp³-hybridized carbons (Fsp3) is 0.455. The van der Waals surface area contributed by atoms with Crippen molar-refractivity contribution < 1.29 is 8.42 Å². The zero-order valence-electron chi connectivity index (χ0n) is 9.25. The first-order valence-electron chi connectivity index (χ1n) is 5.07. The van der Waals surface area contributed by atoms with Crippen LogP contribution in [0, 0.1) is 5.41 Å². The van der Waals surface area contributed by atoms with E-state index in [1.54, 1.807) is 18.2 Å². The fourth-order valence-corrected chi connectivity index (χ4v) is 4.58. The summed E-state index contributed by atoms with van der Waals surface area (Å²) in [5.74, 6) is 0.115. The van der Waals surface area contributed by atoms with Crippen molar-refractivity contribution in [1.29, 1.82) is 0 Å². The highest BCUT2D eigenvalue weighted by Crippen LogP contribution is 2.36. The SMILES string of the molecule is CC1(C)CNc2cccc(Cl)c2S(=O)(=O)C1. The molecule has 1 aliphatic heterocycles. The summed E-state index contributed by atoms with van der Waals surface area (Å²) in [6.07, 6.45) is 0. The van der Waals surface area contributed by atoms with E-state index in [-0.39, 0.29) is 16.1 Å². The van der Waals surface area contributed by atoms with Crippen LogP contribution in [0.4, 0.5) is 5.69 Å². The molecule has 0 spiro atoms. The number of rotatable bonds is 0. The topological polar surface area (TPSA) is 46.2 Å². The molecule has 0 atom stereocenters. The predicted molar refractivity (Wildman–Crippen MR) is 65.8 cm³/mol. The lowest BCUT2D eigenvalue weighted by Crippen LogP contribution is -2.28. The summed E-state index contributed by atoms with van der Waals surface area (Å²) in [5, 5.41) is 3.44. The van der Waals surface area contributed by atoms with Gasteiger partial charge in [-0.1, -0.05) is 31.5 Å². The molecule has 0 radical (unpaired) electrons. The van der Waals surface area contributed by atoms with Crippen molar-refractivity contribution in [3.05, 3.63) is 23.2 Å². The van der Waals surface area contributed by atoms with Gasteiger partial charge in [-0.25, -0.2) is 8.42 Å². The summed E-state index contributed by atoms with van der Waals surface area (Å²) in [6.45, 7) is 4.48. The average molecular weight is 260 g/mol. The van der Waals surface area contributed by atoms with Crippen LogP contribution in [0.2, 0.25) is 5.02 Å². The van der Waals surface area contributed by atoms with E-state index in [1.165, 1.54) is 0 Å². The molecule has 0 saturated carbocycles. The van der Waals surface area contributed by atoms with Gasteiger partial charge in [-0.05, 0) is 17.5 Å². The van der Waals surface area contributed by atoms with Crippen molar-refractivity contribution >= 4 is 27.1 Å². The lowest BCUT2D eigenvalue weighted by molar-refractivity contribution is 0.442. The second-order valence-electron chi connectivity index (χ2n) is 4.89. The first kappa shape index (κ1) is 11.7. The summed E-state index contributed by atoms with van der Waals surface area (Å²) in [6, 6.07) is 5.11. The molecule has 2 rings (SSSR count). The van der Waals surface area contributed by atoms with Crippen molar-refractivity contribution in [3.8, 4) is 0 Å². The molecule has 1 aromatic rings. The third-order valence-corrected chi connectivity index (χ3v) is 5.27. The summed E-state index contributed by atoms with van der Waals surface area (Å²) >= 11 is 5.97. The Hall–Kier alpha value is -0.740. The number of hydrogen-bond acceptors (Lipinski definition) is 3. The molecule has 0 aromatic heterocycles. The van der Waals surface area contributed by atoms with Crippen LogP contribution >= 0.6 is 11.6 Å². The zero-order chi connectivity index (χ0) is 12.0. The molecule has 5 heteroatoms. The lowest BCUT2D eigenvalue weighted by atomic mass is 9.96. The van der Waals surface area contributed by atoms with Gasteiger partial charge >= 0.3 is 0 Å². The Bertz CT molecular complexity index is 523. The first-order valence-corrected chi connectivity index (χ1v) is 7.10. The van der Waals surface area contributed by atoms with Crippen LogP contribution in [0.1, 0.15) is 13.8 Å². The number of benzene rings is 1. The van der Waals surface area contributed by atoms with Gasteiger partial charge in [0.2, 0.25) is 0 Å². The molecule has 0 amide bonds. The van der Waals surface area contributed by atoms with Crippen LogP contribution in [-0.4, -0.2) is 20.7 Å². The minimum Gasteiger partial charge on any atom is -0.383 e. The van der Waals surface area contributed by atoms with Gasteiger partial charge in [-0.3, -0.25) is 0 Å². The van der Waals surface area contributed by atoms with Crippen molar-refractivity contribution in [2.24, 2.45) is 5.41 Å². The standard InChI is InChI=1S/C11H14ClNO2S/c1-11(2)6-13-9-5-3-4-8(12)10(9)16(14,15)7-11/h3-5,13H,6-7H2,1-2H3. The molecule has 1 N–H and O–H groups in total. The van der Waals surface area contributed by atoms with Crippen LogP contribution in [0.25, 0.3) is 0 Å². The smallest absolute Gasteiger partial charge is 0.182 e. The minimum absolute atomic E-state index is 0.115. The summed E-state index contributed by atoms with van der Waals surface area (Å²) < 4.78 is 24.4. The van der Waals surface area contributed by atoms with E-state index in [1.807, 2.05) is 13.8 Å². The fourth-order valence-electron chi connectivity index (χ4n) is 1.94. The quantitative estimate of drug-likeness (QED) is 0.779. The Morgan fingerprint density at radius 1 is 1.38 bits per heavy atom. The van der Waals surface area contributed by atoms with E-state index in [0.29, 0.717) is 17.3 Å². The van der Waals surface area contributed by atoms with Gasteiger partial charge in [0.05, 0.1) is 16.5 Å². The van der Waals surface area contributed by atoms with E-state index in [2.05, 4.69) is 5.32 Å². The van der Waals surface area contributed by atoms with Crippen molar-refractivity contribution in [1.82, 2.24) is 0 Å². The Morgan fingerprint density at radius 3 is 2.75 bits per heavy atom. The number of sulfone groups is 1. The molecule has 0 fully saturated rings. The number of anilines is 1. The average Bonchev–Trinajstić information content (AvgIpc) is 2.20. The van der Waals surface area contributed by atoms with Crippen LogP contribution in [0.15, 0.2) is 23.1 Å². The van der Waals surface area contributed by atoms with Gasteiger partial charge in [-0.15, -0.1) is 0 Å². The van der Waals surface area contributed by atoms with Crippen LogP contribution in [-0.2, 0) is 9.84 Å². The van der Waals surface area contributed by atoms with E-state index >= 15 is 0 Å². The molecule has 0 bridgehead atoms. The summed E-state index contributed by atoms with van der Waals surface area (Å²) in [4.78, 5) is 0.238. The van der Waals surface area contributed by atoms with Gasteiger partial charge in [0.25, 0.3) is 0 Å². The predicted octanol–water partition coefficient (Wildman–Crippen LogP) is 2.57. The second-order valence-corrected chi connectivity index (χ2v) is 7.23. The molecule has 1 heterocycles. The number of fused-ring (bicyclic) bond motifs is 1. The largest absolute Gasteiger partial charge is 0.383 e. The highest BCUT2D eigenvalue weighted by atomic mass is 35.5. The first-order chi connectivity index (χ1) is 7.32. The molecule has 16 heavy (non-hydrogen) atoms. The molecule has 0 aliphatic carbocycles. The Labute approximate surface area is 101 Å². The van der Waals surface area contributed by atoms with Gasteiger partial charge in [0, 0.05) is 6.54 Å². The highest BCUT2D eigenvalue weighted by molar-refractivity contribution is 7.91. The normalized spacial score (nSPS) is 21.7. The Balaban J connectivity index is 2.66. The number of hydrogen-bond donors (Lipinski definition) is 1.